The van der Waals surface area contributed by atoms with Crippen molar-refractivity contribution in [1.82, 2.24) is 14.5 Å². The molecule has 9 heteroatoms. The number of aromatic nitrogens is 2. The molecule has 0 saturated carbocycles. The van der Waals surface area contributed by atoms with Gasteiger partial charge in [-0.05, 0) is 24.5 Å². The van der Waals surface area contributed by atoms with Crippen LogP contribution in [0.4, 0.5) is 0 Å². The van der Waals surface area contributed by atoms with Gasteiger partial charge < -0.3 is 19.6 Å². The molecule has 26 heavy (non-hydrogen) atoms. The minimum absolute atomic E-state index is 0. The van der Waals surface area contributed by atoms with Crippen LogP contribution in [0.25, 0.3) is 0 Å². The normalized spacial score (nSPS) is 11.6. The van der Waals surface area contributed by atoms with E-state index in [9.17, 15) is 4.79 Å². The highest BCUT2D eigenvalue weighted by Crippen LogP contribution is 2.22. The molecule has 0 aliphatic heterocycles. The van der Waals surface area contributed by atoms with E-state index in [0.29, 0.717) is 24.0 Å². The van der Waals surface area contributed by atoms with Gasteiger partial charge in [0.25, 0.3) is 5.91 Å². The Bertz CT molecular complexity index is 675. The predicted octanol–water partition coefficient (Wildman–Crippen LogP) is 3.59. The third kappa shape index (κ3) is 6.87. The Morgan fingerprint density at radius 1 is 1.38 bits per heavy atom. The van der Waals surface area contributed by atoms with Crippen LogP contribution in [0, 0.1) is 5.92 Å². The molecule has 0 aliphatic rings. The molecule has 1 atom stereocenters. The van der Waals surface area contributed by atoms with E-state index in [1.54, 1.807) is 36.0 Å². The number of nitrogens with zero attached hydrogens (tertiary/aromatic N) is 3. The predicted molar refractivity (Wildman–Crippen MR) is 110 cm³/mol. The molecule has 0 fully saturated rings. The van der Waals surface area contributed by atoms with Gasteiger partial charge in [0.1, 0.15) is 5.76 Å². The fourth-order valence-electron chi connectivity index (χ4n) is 2.16. The van der Waals surface area contributed by atoms with Gasteiger partial charge in [-0.25, -0.2) is 4.98 Å². The number of halogens is 2. The molecule has 0 saturated heterocycles. The molecule has 1 amide bonds. The van der Waals surface area contributed by atoms with Crippen molar-refractivity contribution in [2.75, 3.05) is 13.6 Å². The topological polar surface area (TPSA) is 77.3 Å². The quantitative estimate of drug-likeness (QED) is 0.657. The third-order valence-corrected chi connectivity index (χ3v) is 5.07. The summed E-state index contributed by atoms with van der Waals surface area (Å²) in [7, 11) is 3.73. The highest BCUT2D eigenvalue weighted by atomic mass is 35.5. The molecule has 148 valence electrons. The monoisotopic (exact) mass is 422 g/mol. The molecule has 2 N–H and O–H groups in total. The van der Waals surface area contributed by atoms with E-state index < -0.39 is 0 Å². The van der Waals surface area contributed by atoms with Crippen LogP contribution in [0.1, 0.15) is 36.6 Å². The molecule has 1 unspecified atom stereocenters. The van der Waals surface area contributed by atoms with Gasteiger partial charge in [-0.2, -0.15) is 0 Å². The lowest BCUT2D eigenvalue weighted by atomic mass is 10.0. The Labute approximate surface area is 171 Å². The lowest BCUT2D eigenvalue weighted by Crippen LogP contribution is -2.34. The number of rotatable bonds is 8. The minimum Gasteiger partial charge on any atom is -0.455 e. The number of hydrogen-bond donors (Lipinski definition) is 1. The Balaban J connectivity index is 0.00000312. The van der Waals surface area contributed by atoms with E-state index in [-0.39, 0.29) is 36.8 Å². The molecule has 2 rings (SSSR count). The second-order valence-electron chi connectivity index (χ2n) is 6.30. The van der Waals surface area contributed by atoms with Crippen LogP contribution in [0.2, 0.25) is 0 Å². The van der Waals surface area contributed by atoms with Gasteiger partial charge in [-0.3, -0.25) is 4.79 Å². The number of thioether (sulfide) groups is 1. The summed E-state index contributed by atoms with van der Waals surface area (Å²) < 4.78 is 7.63. The molecule has 0 spiro atoms. The Kier molecular flexibility index (Phi) is 11.0. The summed E-state index contributed by atoms with van der Waals surface area (Å²) in [5, 5.41) is 0.916. The molecule has 0 aromatic carbocycles. The molecular formula is C17H28Cl2N4O2S. The molecule has 0 bridgehead atoms. The molecular weight excluding hydrogens is 395 g/mol. The zero-order valence-corrected chi connectivity index (χ0v) is 18.0. The van der Waals surface area contributed by atoms with E-state index in [2.05, 4.69) is 18.8 Å². The standard InChI is InChI=1S/C17H26N4O2S.2ClH/c1-12(2)14(18)7-9-20(3)16(22)15-6-5-13(23-15)11-24-17-19-8-10-21(17)4;;/h5-6,8,10,12,14H,7,9,11,18H2,1-4H3;2*1H. The van der Waals surface area contributed by atoms with Crippen molar-refractivity contribution in [3.8, 4) is 0 Å². The third-order valence-electron chi connectivity index (χ3n) is 3.99. The Morgan fingerprint density at radius 2 is 2.08 bits per heavy atom. The van der Waals surface area contributed by atoms with Gasteiger partial charge in [0, 0.05) is 39.1 Å². The van der Waals surface area contributed by atoms with Crippen molar-refractivity contribution in [2.45, 2.75) is 37.2 Å². The van der Waals surface area contributed by atoms with Crippen LogP contribution in [0.15, 0.2) is 34.1 Å². The minimum atomic E-state index is -0.112. The maximum absolute atomic E-state index is 12.4. The average Bonchev–Trinajstić information content (AvgIpc) is 3.18. The zero-order chi connectivity index (χ0) is 17.7. The van der Waals surface area contributed by atoms with Gasteiger partial charge in [0.15, 0.2) is 10.9 Å². The fraction of sp³-hybridized carbons (Fsp3) is 0.529. The van der Waals surface area contributed by atoms with E-state index in [1.807, 2.05) is 23.9 Å². The number of carbonyl (C=O) groups is 1. The Hall–Kier alpha value is -1.15. The van der Waals surface area contributed by atoms with Crippen molar-refractivity contribution >= 4 is 42.5 Å². The van der Waals surface area contributed by atoms with Crippen molar-refractivity contribution < 1.29 is 9.21 Å². The summed E-state index contributed by atoms with van der Waals surface area (Å²) in [6, 6.07) is 3.67. The second kappa shape index (κ2) is 11.5. The van der Waals surface area contributed by atoms with E-state index >= 15 is 0 Å². The first-order valence-electron chi connectivity index (χ1n) is 8.08. The lowest BCUT2D eigenvalue weighted by molar-refractivity contribution is 0.0756. The first kappa shape index (κ1) is 24.8. The summed E-state index contributed by atoms with van der Waals surface area (Å²) in [6.07, 6.45) is 4.44. The number of imidazole rings is 1. The summed E-state index contributed by atoms with van der Waals surface area (Å²) >= 11 is 1.57. The molecule has 6 nitrogen and oxygen atoms in total. The van der Waals surface area contributed by atoms with Crippen molar-refractivity contribution in [1.29, 1.82) is 0 Å². The molecule has 0 aliphatic carbocycles. The highest BCUT2D eigenvalue weighted by molar-refractivity contribution is 7.98. The summed E-state index contributed by atoms with van der Waals surface area (Å²) in [5.74, 6) is 2.07. The maximum atomic E-state index is 12.4. The number of hydrogen-bond acceptors (Lipinski definition) is 5. The average molecular weight is 423 g/mol. The van der Waals surface area contributed by atoms with Gasteiger partial charge in [-0.15, -0.1) is 24.8 Å². The van der Waals surface area contributed by atoms with Crippen LogP contribution in [0.3, 0.4) is 0 Å². The van der Waals surface area contributed by atoms with E-state index in [0.717, 1.165) is 17.3 Å². The van der Waals surface area contributed by atoms with Gasteiger partial charge in [0.2, 0.25) is 0 Å². The van der Waals surface area contributed by atoms with Crippen molar-refractivity contribution in [3.63, 3.8) is 0 Å². The number of furan rings is 1. The van der Waals surface area contributed by atoms with Crippen LogP contribution in [0.5, 0.6) is 0 Å². The Morgan fingerprint density at radius 3 is 2.65 bits per heavy atom. The van der Waals surface area contributed by atoms with Crippen molar-refractivity contribution in [2.24, 2.45) is 18.7 Å². The molecule has 2 heterocycles. The second-order valence-corrected chi connectivity index (χ2v) is 7.24. The van der Waals surface area contributed by atoms with Crippen LogP contribution in [-0.2, 0) is 12.8 Å². The van der Waals surface area contributed by atoms with Gasteiger partial charge in [0.05, 0.1) is 5.75 Å². The van der Waals surface area contributed by atoms with Crippen LogP contribution < -0.4 is 5.73 Å². The number of carbonyl (C=O) groups excluding carboxylic acids is 1. The maximum Gasteiger partial charge on any atom is 0.289 e. The summed E-state index contributed by atoms with van der Waals surface area (Å²) in [5.41, 5.74) is 6.03. The number of amides is 1. The fourth-order valence-corrected chi connectivity index (χ4v) is 2.99. The van der Waals surface area contributed by atoms with Gasteiger partial charge in [-0.1, -0.05) is 25.6 Å². The van der Waals surface area contributed by atoms with Crippen LogP contribution >= 0.6 is 36.6 Å². The summed E-state index contributed by atoms with van der Waals surface area (Å²) in [4.78, 5) is 18.3. The lowest BCUT2D eigenvalue weighted by Gasteiger charge is -2.20. The zero-order valence-electron chi connectivity index (χ0n) is 15.5. The number of aryl methyl sites for hydroxylation is 1. The summed E-state index contributed by atoms with van der Waals surface area (Å²) in [6.45, 7) is 4.80. The van der Waals surface area contributed by atoms with Crippen LogP contribution in [-0.4, -0.2) is 40.0 Å². The highest BCUT2D eigenvalue weighted by Gasteiger charge is 2.18. The first-order chi connectivity index (χ1) is 11.4. The molecule has 2 aromatic heterocycles. The smallest absolute Gasteiger partial charge is 0.289 e. The molecule has 0 radical (unpaired) electrons. The number of nitrogens with two attached hydrogens (primary N) is 1. The molecule has 2 aromatic rings. The largest absolute Gasteiger partial charge is 0.455 e. The van der Waals surface area contributed by atoms with Crippen molar-refractivity contribution in [3.05, 3.63) is 36.0 Å². The SMILES string of the molecule is CC(C)C(N)CCN(C)C(=O)c1ccc(CSc2nccn2C)o1.Cl.Cl. The van der Waals surface area contributed by atoms with E-state index in [4.69, 9.17) is 10.2 Å². The van der Waals surface area contributed by atoms with Gasteiger partial charge >= 0.3 is 0 Å². The first-order valence-corrected chi connectivity index (χ1v) is 9.07. The van der Waals surface area contributed by atoms with E-state index in [1.165, 1.54) is 0 Å².